The van der Waals surface area contributed by atoms with E-state index < -0.39 is 0 Å². The largest absolute Gasteiger partial charge is 0.381 e. The van der Waals surface area contributed by atoms with Crippen molar-refractivity contribution in [1.29, 1.82) is 0 Å². The molecule has 0 aliphatic carbocycles. The molecular formula is C7H11N3OS. The normalized spacial score (nSPS) is 19.3. The van der Waals surface area contributed by atoms with Gasteiger partial charge >= 0.3 is 0 Å². The van der Waals surface area contributed by atoms with Gasteiger partial charge < -0.3 is 10.1 Å². The first-order chi connectivity index (χ1) is 5.95. The maximum Gasteiger partial charge on any atom is 0.130 e. The summed E-state index contributed by atoms with van der Waals surface area (Å²) in [5, 5.41) is 8.19. The molecule has 2 heterocycles. The van der Waals surface area contributed by atoms with E-state index in [1.54, 1.807) is 6.20 Å². The number of anilines is 1. The Bertz CT molecular complexity index is 221. The second-order valence-corrected chi connectivity index (χ2v) is 3.60. The molecule has 1 aromatic heterocycles. The Kier molecular flexibility index (Phi) is 2.53. The molecule has 5 heteroatoms. The molecule has 0 radical (unpaired) electrons. The first-order valence-electron chi connectivity index (χ1n) is 4.07. The highest BCUT2D eigenvalue weighted by atomic mass is 32.1. The van der Waals surface area contributed by atoms with Crippen LogP contribution in [0.3, 0.4) is 0 Å². The Morgan fingerprint density at radius 1 is 1.50 bits per heavy atom. The van der Waals surface area contributed by atoms with Crippen molar-refractivity contribution in [1.82, 2.24) is 9.59 Å². The molecule has 1 aliphatic rings. The number of nitrogens with one attached hydrogen (secondary N) is 1. The number of nitrogens with zero attached hydrogens (tertiary/aromatic N) is 2. The van der Waals surface area contributed by atoms with E-state index in [1.165, 1.54) is 11.5 Å². The fraction of sp³-hybridized carbons (Fsp3) is 0.714. The number of hydrogen-bond donors (Lipinski definition) is 1. The molecule has 0 spiro atoms. The summed E-state index contributed by atoms with van der Waals surface area (Å²) in [4.78, 5) is 0. The lowest BCUT2D eigenvalue weighted by atomic mass is 10.1. The number of ether oxygens (including phenoxy) is 1. The lowest BCUT2D eigenvalue weighted by Crippen LogP contribution is -2.27. The molecule has 2 rings (SSSR count). The van der Waals surface area contributed by atoms with Crippen LogP contribution >= 0.6 is 11.5 Å². The molecule has 66 valence electrons. The average molecular weight is 185 g/mol. The number of rotatable bonds is 2. The highest BCUT2D eigenvalue weighted by Gasteiger charge is 2.13. The Balaban J connectivity index is 1.86. The Morgan fingerprint density at radius 2 is 2.33 bits per heavy atom. The van der Waals surface area contributed by atoms with Gasteiger partial charge in [-0.3, -0.25) is 0 Å². The van der Waals surface area contributed by atoms with Crippen LogP contribution in [0.5, 0.6) is 0 Å². The number of aromatic nitrogens is 2. The molecule has 0 atom stereocenters. The topological polar surface area (TPSA) is 47.0 Å². The van der Waals surface area contributed by atoms with E-state index in [2.05, 4.69) is 14.9 Å². The van der Waals surface area contributed by atoms with Crippen molar-refractivity contribution in [2.24, 2.45) is 0 Å². The molecule has 1 fully saturated rings. The average Bonchev–Trinajstić information content (AvgIpc) is 2.59. The van der Waals surface area contributed by atoms with Crippen LogP contribution in [-0.4, -0.2) is 28.8 Å². The van der Waals surface area contributed by atoms with E-state index in [1.807, 2.05) is 0 Å². The van der Waals surface area contributed by atoms with E-state index in [0.717, 1.165) is 31.1 Å². The van der Waals surface area contributed by atoms with Crippen molar-refractivity contribution < 1.29 is 4.74 Å². The van der Waals surface area contributed by atoms with Gasteiger partial charge in [-0.25, -0.2) is 0 Å². The van der Waals surface area contributed by atoms with Gasteiger partial charge in [-0.05, 0) is 12.8 Å². The second-order valence-electron chi connectivity index (χ2n) is 2.81. The van der Waals surface area contributed by atoms with E-state index in [9.17, 15) is 0 Å². The zero-order valence-corrected chi connectivity index (χ0v) is 7.51. The molecule has 4 nitrogen and oxygen atoms in total. The van der Waals surface area contributed by atoms with E-state index in [4.69, 9.17) is 4.74 Å². The smallest absolute Gasteiger partial charge is 0.130 e. The van der Waals surface area contributed by atoms with E-state index >= 15 is 0 Å². The van der Waals surface area contributed by atoms with Crippen LogP contribution in [0.2, 0.25) is 0 Å². The van der Waals surface area contributed by atoms with Crippen molar-refractivity contribution in [2.45, 2.75) is 18.9 Å². The highest BCUT2D eigenvalue weighted by molar-refractivity contribution is 7.09. The van der Waals surface area contributed by atoms with Gasteiger partial charge in [0.15, 0.2) is 0 Å². The third kappa shape index (κ3) is 1.92. The summed E-state index contributed by atoms with van der Waals surface area (Å²) < 4.78 is 9.04. The molecule has 0 amide bonds. The van der Waals surface area contributed by atoms with Gasteiger partial charge in [0.2, 0.25) is 0 Å². The third-order valence-corrected chi connectivity index (χ3v) is 2.52. The van der Waals surface area contributed by atoms with Crippen LogP contribution in [0, 0.1) is 0 Å². The minimum atomic E-state index is 0.543. The summed E-state index contributed by atoms with van der Waals surface area (Å²) in [6, 6.07) is 0.543. The Morgan fingerprint density at radius 3 is 3.00 bits per heavy atom. The first-order valence-corrected chi connectivity index (χ1v) is 4.84. The van der Waals surface area contributed by atoms with Crippen LogP contribution in [0.25, 0.3) is 0 Å². The van der Waals surface area contributed by atoms with Crippen LogP contribution in [0.4, 0.5) is 5.00 Å². The lowest BCUT2D eigenvalue weighted by Gasteiger charge is -2.22. The van der Waals surface area contributed by atoms with Crippen LogP contribution in [-0.2, 0) is 4.74 Å². The minimum Gasteiger partial charge on any atom is -0.381 e. The molecule has 1 aromatic rings. The monoisotopic (exact) mass is 185 g/mol. The predicted molar refractivity (Wildman–Crippen MR) is 47.4 cm³/mol. The van der Waals surface area contributed by atoms with Crippen molar-refractivity contribution in [2.75, 3.05) is 18.5 Å². The fourth-order valence-electron chi connectivity index (χ4n) is 1.27. The molecule has 0 bridgehead atoms. The first kappa shape index (κ1) is 7.94. The highest BCUT2D eigenvalue weighted by Crippen LogP contribution is 2.16. The minimum absolute atomic E-state index is 0.543. The zero-order chi connectivity index (χ0) is 8.23. The quantitative estimate of drug-likeness (QED) is 0.750. The third-order valence-electron chi connectivity index (χ3n) is 1.93. The molecule has 1 N–H and O–H groups in total. The van der Waals surface area contributed by atoms with E-state index in [0.29, 0.717) is 6.04 Å². The van der Waals surface area contributed by atoms with Gasteiger partial charge in [0.1, 0.15) is 5.00 Å². The van der Waals surface area contributed by atoms with Gasteiger partial charge in [-0.15, -0.1) is 5.10 Å². The molecule has 0 aromatic carbocycles. The zero-order valence-electron chi connectivity index (χ0n) is 6.69. The van der Waals surface area contributed by atoms with Crippen molar-refractivity contribution in [3.63, 3.8) is 0 Å². The van der Waals surface area contributed by atoms with Gasteiger partial charge in [0.25, 0.3) is 0 Å². The Hall–Kier alpha value is -0.680. The summed E-state index contributed by atoms with van der Waals surface area (Å²) in [6.07, 6.45) is 3.93. The maximum atomic E-state index is 5.25. The summed E-state index contributed by atoms with van der Waals surface area (Å²) in [7, 11) is 0. The second kappa shape index (κ2) is 3.82. The summed E-state index contributed by atoms with van der Waals surface area (Å²) >= 11 is 1.40. The van der Waals surface area contributed by atoms with Crippen molar-refractivity contribution in [3.05, 3.63) is 6.20 Å². The van der Waals surface area contributed by atoms with Gasteiger partial charge in [-0.2, -0.15) is 0 Å². The van der Waals surface area contributed by atoms with Gasteiger partial charge in [0, 0.05) is 30.8 Å². The SMILES string of the molecule is c1nnsc1NC1CCOCC1. The molecule has 1 aliphatic heterocycles. The van der Waals surface area contributed by atoms with Crippen LogP contribution in [0.15, 0.2) is 6.20 Å². The van der Waals surface area contributed by atoms with Gasteiger partial charge in [0.05, 0.1) is 6.20 Å². The summed E-state index contributed by atoms with van der Waals surface area (Å²) in [5.41, 5.74) is 0. The Labute approximate surface area is 75.1 Å². The maximum absolute atomic E-state index is 5.25. The molecule has 0 unspecified atom stereocenters. The lowest BCUT2D eigenvalue weighted by molar-refractivity contribution is 0.0905. The summed E-state index contributed by atoms with van der Waals surface area (Å²) in [6.45, 7) is 1.73. The van der Waals surface area contributed by atoms with Crippen molar-refractivity contribution >= 4 is 16.5 Å². The van der Waals surface area contributed by atoms with Crippen LogP contribution in [0.1, 0.15) is 12.8 Å². The van der Waals surface area contributed by atoms with Gasteiger partial charge in [-0.1, -0.05) is 4.49 Å². The number of hydrogen-bond acceptors (Lipinski definition) is 5. The standard InChI is InChI=1S/C7H11N3OS/c1-3-11-4-2-6(1)9-7-5-8-10-12-7/h5-6,9H,1-4H2. The predicted octanol–water partition coefficient (Wildman–Crippen LogP) is 1.13. The van der Waals surface area contributed by atoms with Crippen molar-refractivity contribution in [3.8, 4) is 0 Å². The molecule has 1 saturated heterocycles. The molecule has 12 heavy (non-hydrogen) atoms. The molecule has 0 saturated carbocycles. The molecular weight excluding hydrogens is 174 g/mol. The summed E-state index contributed by atoms with van der Waals surface area (Å²) in [5.74, 6) is 0. The fourth-order valence-corrected chi connectivity index (χ4v) is 1.77. The van der Waals surface area contributed by atoms with Crippen LogP contribution < -0.4 is 5.32 Å². The van der Waals surface area contributed by atoms with E-state index in [-0.39, 0.29) is 0 Å².